The van der Waals surface area contributed by atoms with E-state index >= 15 is 0 Å². The Morgan fingerprint density at radius 1 is 1.05 bits per heavy atom. The number of likely N-dealkylation sites (N-methyl/N-ethyl adjacent to an activating group) is 1. The number of hydrogen-bond acceptors (Lipinski definition) is 3. The third-order valence-corrected chi connectivity index (χ3v) is 4.76. The molecule has 1 rings (SSSR count). The zero-order valence-corrected chi connectivity index (χ0v) is 13.9. The molecule has 0 aliphatic heterocycles. The minimum absolute atomic E-state index is 0.0358. The summed E-state index contributed by atoms with van der Waals surface area (Å²) in [5.41, 5.74) is 5.71. The van der Waals surface area contributed by atoms with Crippen molar-refractivity contribution in [3.05, 3.63) is 35.4 Å². The molecule has 114 valence electrons. The molecule has 3 N–H and O–H groups in total. The van der Waals surface area contributed by atoms with Gasteiger partial charge in [0.05, 0.1) is 6.04 Å². The molecule has 1 aromatic rings. The number of nitrogens with one attached hydrogen (secondary N) is 1. The summed E-state index contributed by atoms with van der Waals surface area (Å²) >= 11 is 0. The molecule has 0 aliphatic rings. The van der Waals surface area contributed by atoms with Crippen LogP contribution >= 0.6 is 0 Å². The summed E-state index contributed by atoms with van der Waals surface area (Å²) in [5.74, 6) is 6.46. The number of nitrogens with two attached hydrogens (primary N) is 1. The van der Waals surface area contributed by atoms with E-state index in [1.807, 2.05) is 0 Å². The van der Waals surface area contributed by atoms with Crippen molar-refractivity contribution in [2.24, 2.45) is 5.84 Å². The molecular weight excluding hydrogens is 246 g/mol. The van der Waals surface area contributed by atoms with E-state index in [0.29, 0.717) is 5.92 Å². The maximum atomic E-state index is 5.90. The van der Waals surface area contributed by atoms with Crippen molar-refractivity contribution in [1.82, 2.24) is 10.3 Å². The monoisotopic (exact) mass is 277 g/mol. The molecule has 1 aromatic carbocycles. The minimum atomic E-state index is 0.0358. The number of benzene rings is 1. The fraction of sp³-hybridized carbons (Fsp3) is 0.647. The predicted molar refractivity (Wildman–Crippen MR) is 87.6 cm³/mol. The lowest BCUT2D eigenvalue weighted by Gasteiger charge is -2.45. The Balaban J connectivity index is 3.16. The normalized spacial score (nSPS) is 14.1. The highest BCUT2D eigenvalue weighted by molar-refractivity contribution is 5.29. The highest BCUT2D eigenvalue weighted by Crippen LogP contribution is 2.35. The van der Waals surface area contributed by atoms with Crippen molar-refractivity contribution in [3.63, 3.8) is 0 Å². The number of hydrazine groups is 1. The number of rotatable bonds is 7. The van der Waals surface area contributed by atoms with Gasteiger partial charge in [0.25, 0.3) is 0 Å². The van der Waals surface area contributed by atoms with E-state index in [1.54, 1.807) is 0 Å². The topological polar surface area (TPSA) is 41.3 Å². The van der Waals surface area contributed by atoms with Crippen molar-refractivity contribution < 1.29 is 0 Å². The minimum Gasteiger partial charge on any atom is -0.302 e. The lowest BCUT2D eigenvalue weighted by molar-refractivity contribution is 0.0882. The van der Waals surface area contributed by atoms with Gasteiger partial charge < -0.3 is 4.90 Å². The van der Waals surface area contributed by atoms with Crippen LogP contribution in [0.4, 0.5) is 0 Å². The van der Waals surface area contributed by atoms with Crippen molar-refractivity contribution in [2.45, 2.75) is 58.0 Å². The van der Waals surface area contributed by atoms with E-state index in [4.69, 9.17) is 5.84 Å². The quantitative estimate of drug-likeness (QED) is 0.592. The van der Waals surface area contributed by atoms with Crippen LogP contribution in [0.5, 0.6) is 0 Å². The first-order chi connectivity index (χ1) is 9.42. The Kier molecular flexibility index (Phi) is 6.18. The molecule has 0 aliphatic carbocycles. The van der Waals surface area contributed by atoms with Gasteiger partial charge in [-0.15, -0.1) is 0 Å². The molecule has 0 radical (unpaired) electrons. The van der Waals surface area contributed by atoms with E-state index in [9.17, 15) is 0 Å². The van der Waals surface area contributed by atoms with Crippen LogP contribution in [0.1, 0.15) is 63.6 Å². The van der Waals surface area contributed by atoms with E-state index < -0.39 is 0 Å². The van der Waals surface area contributed by atoms with Gasteiger partial charge in [0.2, 0.25) is 0 Å². The summed E-state index contributed by atoms with van der Waals surface area (Å²) in [6.07, 6.45) is 2.11. The Labute approximate surface area is 124 Å². The standard InChI is InChI=1S/C17H31N3/c1-7-17(8-2,20(5)6)16(19-18)15-11-9-14(10-12-15)13(3)4/h9-13,16,19H,7-8,18H2,1-6H3. The first kappa shape index (κ1) is 17.2. The molecule has 3 heteroatoms. The van der Waals surface area contributed by atoms with E-state index in [0.717, 1.165) is 12.8 Å². The van der Waals surface area contributed by atoms with Gasteiger partial charge in [-0.25, -0.2) is 0 Å². The molecule has 0 fully saturated rings. The van der Waals surface area contributed by atoms with Crippen LogP contribution in [-0.2, 0) is 0 Å². The number of nitrogens with zero attached hydrogens (tertiary/aromatic N) is 1. The Bertz CT molecular complexity index is 391. The van der Waals surface area contributed by atoms with Crippen LogP contribution in [0.15, 0.2) is 24.3 Å². The van der Waals surface area contributed by atoms with Gasteiger partial charge in [-0.05, 0) is 44.0 Å². The van der Waals surface area contributed by atoms with E-state index in [2.05, 4.69) is 76.4 Å². The van der Waals surface area contributed by atoms with Crippen LogP contribution in [0, 0.1) is 0 Å². The van der Waals surface area contributed by atoms with Crippen LogP contribution in [0.2, 0.25) is 0 Å². The maximum Gasteiger partial charge on any atom is 0.0643 e. The van der Waals surface area contributed by atoms with Gasteiger partial charge in [0, 0.05) is 5.54 Å². The number of hydrogen-bond donors (Lipinski definition) is 2. The summed E-state index contributed by atoms with van der Waals surface area (Å²) in [6, 6.07) is 8.99. The third-order valence-electron chi connectivity index (χ3n) is 4.76. The van der Waals surface area contributed by atoms with Crippen molar-refractivity contribution in [1.29, 1.82) is 0 Å². The molecular formula is C17H31N3. The largest absolute Gasteiger partial charge is 0.302 e. The fourth-order valence-corrected chi connectivity index (χ4v) is 3.18. The highest BCUT2D eigenvalue weighted by atomic mass is 15.3. The molecule has 3 nitrogen and oxygen atoms in total. The van der Waals surface area contributed by atoms with Crippen molar-refractivity contribution in [3.8, 4) is 0 Å². The molecule has 0 saturated heterocycles. The predicted octanol–water partition coefficient (Wildman–Crippen LogP) is 3.43. The lowest BCUT2D eigenvalue weighted by Crippen LogP contribution is -2.54. The van der Waals surface area contributed by atoms with Gasteiger partial charge >= 0.3 is 0 Å². The first-order valence-electron chi connectivity index (χ1n) is 7.66. The average molecular weight is 277 g/mol. The Morgan fingerprint density at radius 2 is 1.50 bits per heavy atom. The Morgan fingerprint density at radius 3 is 1.80 bits per heavy atom. The zero-order valence-electron chi connectivity index (χ0n) is 13.9. The van der Waals surface area contributed by atoms with Crippen molar-refractivity contribution >= 4 is 0 Å². The van der Waals surface area contributed by atoms with Crippen molar-refractivity contribution in [2.75, 3.05) is 14.1 Å². The van der Waals surface area contributed by atoms with Gasteiger partial charge in [0.1, 0.15) is 0 Å². The average Bonchev–Trinajstić information content (AvgIpc) is 2.44. The molecule has 0 saturated carbocycles. The van der Waals surface area contributed by atoms with Gasteiger partial charge in [-0.2, -0.15) is 0 Å². The lowest BCUT2D eigenvalue weighted by atomic mass is 9.79. The summed E-state index contributed by atoms with van der Waals surface area (Å²) in [7, 11) is 4.28. The smallest absolute Gasteiger partial charge is 0.0643 e. The summed E-state index contributed by atoms with van der Waals surface area (Å²) in [6.45, 7) is 8.90. The van der Waals surface area contributed by atoms with Crippen LogP contribution in [-0.4, -0.2) is 24.5 Å². The zero-order chi connectivity index (χ0) is 15.3. The first-order valence-corrected chi connectivity index (χ1v) is 7.66. The summed E-state index contributed by atoms with van der Waals surface area (Å²) < 4.78 is 0. The molecule has 0 bridgehead atoms. The second-order valence-electron chi connectivity index (χ2n) is 6.13. The third kappa shape index (κ3) is 3.22. The second-order valence-corrected chi connectivity index (χ2v) is 6.13. The summed E-state index contributed by atoms with van der Waals surface area (Å²) in [4.78, 5) is 2.30. The molecule has 0 amide bonds. The van der Waals surface area contributed by atoms with E-state index in [-0.39, 0.29) is 11.6 Å². The maximum absolute atomic E-state index is 5.90. The SMILES string of the molecule is CCC(CC)(C(NN)c1ccc(C(C)C)cc1)N(C)C. The molecule has 1 unspecified atom stereocenters. The Hall–Kier alpha value is -0.900. The second kappa shape index (κ2) is 7.21. The highest BCUT2D eigenvalue weighted by Gasteiger charge is 2.38. The van der Waals surface area contributed by atoms with Crippen LogP contribution in [0.3, 0.4) is 0 Å². The van der Waals surface area contributed by atoms with Crippen LogP contribution < -0.4 is 11.3 Å². The molecule has 20 heavy (non-hydrogen) atoms. The van der Waals surface area contributed by atoms with E-state index in [1.165, 1.54) is 11.1 Å². The molecule has 0 aromatic heterocycles. The molecule has 1 atom stereocenters. The van der Waals surface area contributed by atoms with Gasteiger partial charge in [0.15, 0.2) is 0 Å². The van der Waals surface area contributed by atoms with Gasteiger partial charge in [-0.3, -0.25) is 11.3 Å². The van der Waals surface area contributed by atoms with Gasteiger partial charge in [-0.1, -0.05) is 52.0 Å². The molecule has 0 heterocycles. The molecule has 0 spiro atoms. The fourth-order valence-electron chi connectivity index (χ4n) is 3.18. The summed E-state index contributed by atoms with van der Waals surface area (Å²) in [5, 5.41) is 0. The van der Waals surface area contributed by atoms with Crippen LogP contribution in [0.25, 0.3) is 0 Å².